The molecule has 1 amide bonds. The van der Waals surface area contributed by atoms with Gasteiger partial charge in [0, 0.05) is 6.08 Å². The molecule has 0 aliphatic heterocycles. The quantitative estimate of drug-likeness (QED) is 0.475. The Balaban J connectivity index is 1.51. The molecule has 0 aliphatic carbocycles. The number of hydrogen-bond acceptors (Lipinski definition) is 5. The molecular formula is C21H19ClN4O3. The number of nitrogens with one attached hydrogen (secondary N) is 1. The van der Waals surface area contributed by atoms with Crippen molar-refractivity contribution >= 4 is 35.2 Å². The predicted octanol–water partition coefficient (Wildman–Crippen LogP) is 3.56. The van der Waals surface area contributed by atoms with E-state index in [4.69, 9.17) is 16.3 Å². The summed E-state index contributed by atoms with van der Waals surface area (Å²) in [7, 11) is 0. The number of benzene rings is 2. The van der Waals surface area contributed by atoms with E-state index < -0.39 is 18.0 Å². The molecule has 3 rings (SSSR count). The summed E-state index contributed by atoms with van der Waals surface area (Å²) >= 11 is 6.00. The minimum atomic E-state index is -0.989. The molecule has 7 nitrogen and oxygen atoms in total. The van der Waals surface area contributed by atoms with Crippen LogP contribution in [0.1, 0.15) is 18.2 Å². The lowest BCUT2D eigenvalue weighted by molar-refractivity contribution is -0.148. The lowest BCUT2D eigenvalue weighted by Crippen LogP contribution is -2.29. The van der Waals surface area contributed by atoms with Crippen LogP contribution in [0.15, 0.2) is 66.9 Å². The van der Waals surface area contributed by atoms with E-state index >= 15 is 0 Å². The smallest absolute Gasteiger partial charge is 0.331 e. The zero-order chi connectivity index (χ0) is 20.6. The van der Waals surface area contributed by atoms with E-state index in [0.29, 0.717) is 22.9 Å². The highest BCUT2D eigenvalue weighted by Gasteiger charge is 2.17. The number of aromatic nitrogens is 3. The fourth-order valence-corrected chi connectivity index (χ4v) is 2.64. The van der Waals surface area contributed by atoms with E-state index in [0.717, 1.165) is 5.56 Å². The second-order valence-electron chi connectivity index (χ2n) is 6.21. The fraction of sp³-hybridized carbons (Fsp3) is 0.143. The zero-order valence-electron chi connectivity index (χ0n) is 15.7. The highest BCUT2D eigenvalue weighted by atomic mass is 35.5. The molecule has 0 saturated carbocycles. The fourth-order valence-electron chi connectivity index (χ4n) is 2.45. The Bertz CT molecular complexity index is 1020. The van der Waals surface area contributed by atoms with Crippen LogP contribution in [-0.4, -0.2) is 33.0 Å². The molecule has 0 bridgehead atoms. The Labute approximate surface area is 172 Å². The first-order valence-electron chi connectivity index (χ1n) is 8.89. The van der Waals surface area contributed by atoms with Gasteiger partial charge < -0.3 is 10.1 Å². The topological polar surface area (TPSA) is 86.1 Å². The summed E-state index contributed by atoms with van der Waals surface area (Å²) in [5.74, 6) is -1.14. The van der Waals surface area contributed by atoms with E-state index in [1.807, 2.05) is 30.3 Å². The van der Waals surface area contributed by atoms with E-state index in [1.54, 1.807) is 35.1 Å². The summed E-state index contributed by atoms with van der Waals surface area (Å²) in [6.45, 7) is 2.05. The number of nitrogens with zero attached hydrogens (tertiary/aromatic N) is 3. The second-order valence-corrected chi connectivity index (χ2v) is 6.62. The van der Waals surface area contributed by atoms with Crippen LogP contribution in [0.4, 0.5) is 5.69 Å². The van der Waals surface area contributed by atoms with Gasteiger partial charge in [-0.1, -0.05) is 59.3 Å². The van der Waals surface area contributed by atoms with Crippen molar-refractivity contribution in [2.45, 2.75) is 19.6 Å². The Kier molecular flexibility index (Phi) is 6.76. The van der Waals surface area contributed by atoms with Crippen molar-refractivity contribution in [1.29, 1.82) is 0 Å². The van der Waals surface area contributed by atoms with E-state index in [1.165, 1.54) is 19.1 Å². The summed E-state index contributed by atoms with van der Waals surface area (Å²) in [4.78, 5) is 24.1. The third kappa shape index (κ3) is 6.02. The molecule has 0 radical (unpaired) electrons. The number of para-hydroxylation sites is 1. The number of esters is 1. The molecule has 1 atom stereocenters. The minimum Gasteiger partial charge on any atom is -0.449 e. The van der Waals surface area contributed by atoms with Crippen LogP contribution in [0.2, 0.25) is 5.02 Å². The number of hydrogen-bond donors (Lipinski definition) is 1. The molecule has 8 heteroatoms. The van der Waals surface area contributed by atoms with Crippen LogP contribution in [0, 0.1) is 0 Å². The molecule has 1 heterocycles. The number of carbonyl (C=O) groups is 2. The summed E-state index contributed by atoms with van der Waals surface area (Å²) in [5.41, 5.74) is 2.05. The molecule has 0 saturated heterocycles. The molecule has 1 aromatic heterocycles. The first-order chi connectivity index (χ1) is 14.0. The third-order valence-corrected chi connectivity index (χ3v) is 4.26. The van der Waals surface area contributed by atoms with Gasteiger partial charge in [-0.25, -0.2) is 9.48 Å². The largest absolute Gasteiger partial charge is 0.449 e. The molecule has 0 unspecified atom stereocenters. The number of anilines is 1. The van der Waals surface area contributed by atoms with E-state index in [-0.39, 0.29) is 0 Å². The van der Waals surface area contributed by atoms with Gasteiger partial charge >= 0.3 is 5.97 Å². The molecular weight excluding hydrogens is 392 g/mol. The average Bonchev–Trinajstić information content (AvgIpc) is 3.16. The van der Waals surface area contributed by atoms with Gasteiger partial charge in [-0.2, -0.15) is 0 Å². The summed E-state index contributed by atoms with van der Waals surface area (Å²) in [6, 6.07) is 16.6. The lowest BCUT2D eigenvalue weighted by Gasteiger charge is -2.13. The molecule has 0 spiro atoms. The van der Waals surface area contributed by atoms with Crippen molar-refractivity contribution in [2.75, 3.05) is 5.32 Å². The molecule has 148 valence electrons. The molecule has 2 aromatic carbocycles. The molecule has 29 heavy (non-hydrogen) atoms. The zero-order valence-corrected chi connectivity index (χ0v) is 16.4. The highest BCUT2D eigenvalue weighted by molar-refractivity contribution is 6.33. The lowest BCUT2D eigenvalue weighted by atomic mass is 10.2. The van der Waals surface area contributed by atoms with Crippen LogP contribution in [0.5, 0.6) is 0 Å². The van der Waals surface area contributed by atoms with Crippen LogP contribution >= 0.6 is 11.6 Å². The number of halogens is 1. The molecule has 3 aromatic rings. The predicted molar refractivity (Wildman–Crippen MR) is 110 cm³/mol. The van der Waals surface area contributed by atoms with Crippen molar-refractivity contribution in [3.05, 3.63) is 83.2 Å². The Morgan fingerprint density at radius 1 is 1.17 bits per heavy atom. The van der Waals surface area contributed by atoms with E-state index in [2.05, 4.69) is 15.6 Å². The maximum absolute atomic E-state index is 12.2. The van der Waals surface area contributed by atoms with Gasteiger partial charge in [0.15, 0.2) is 6.10 Å². The Hall–Kier alpha value is -3.45. The second kappa shape index (κ2) is 9.66. The monoisotopic (exact) mass is 410 g/mol. The Morgan fingerprint density at radius 3 is 2.66 bits per heavy atom. The summed E-state index contributed by atoms with van der Waals surface area (Å²) < 4.78 is 6.78. The highest BCUT2D eigenvalue weighted by Crippen LogP contribution is 2.20. The van der Waals surface area contributed by atoms with Gasteiger partial charge in [0.2, 0.25) is 0 Å². The first kappa shape index (κ1) is 20.3. The number of carbonyl (C=O) groups excluding carboxylic acids is 2. The van der Waals surface area contributed by atoms with Gasteiger partial charge in [0.1, 0.15) is 5.69 Å². The molecule has 1 N–H and O–H groups in total. The first-order valence-corrected chi connectivity index (χ1v) is 9.27. The number of rotatable bonds is 7. The summed E-state index contributed by atoms with van der Waals surface area (Å²) in [5, 5.41) is 11.0. The average molecular weight is 411 g/mol. The van der Waals surface area contributed by atoms with Crippen LogP contribution < -0.4 is 5.32 Å². The SMILES string of the molecule is C[C@H](OC(=O)/C=C/c1cn(Cc2ccccc2)nn1)C(=O)Nc1ccccc1Cl. The number of ether oxygens (including phenoxy) is 1. The van der Waals surface area contributed by atoms with E-state index in [9.17, 15) is 9.59 Å². The third-order valence-electron chi connectivity index (χ3n) is 3.93. The summed E-state index contributed by atoms with van der Waals surface area (Å²) in [6.07, 6.45) is 3.41. The van der Waals surface area contributed by atoms with Crippen LogP contribution in [0.25, 0.3) is 6.08 Å². The van der Waals surface area contributed by atoms with Crippen molar-refractivity contribution < 1.29 is 14.3 Å². The van der Waals surface area contributed by atoms with Gasteiger partial charge in [0.05, 0.1) is 23.5 Å². The minimum absolute atomic E-state index is 0.401. The normalized spacial score (nSPS) is 11.9. The van der Waals surface area contributed by atoms with Gasteiger partial charge in [-0.05, 0) is 30.7 Å². The Morgan fingerprint density at radius 2 is 1.90 bits per heavy atom. The molecule has 0 aliphatic rings. The van der Waals surface area contributed by atoms with Gasteiger partial charge in [-0.3, -0.25) is 4.79 Å². The standard InChI is InChI=1S/C21H19ClN4O3/c1-15(21(28)23-19-10-6-5-9-18(19)22)29-20(27)12-11-17-14-26(25-24-17)13-16-7-3-2-4-8-16/h2-12,14-15H,13H2,1H3,(H,23,28)/b12-11+/t15-/m0/s1. The molecule has 0 fully saturated rings. The number of amides is 1. The van der Waals surface area contributed by atoms with Crippen molar-refractivity contribution in [2.24, 2.45) is 0 Å². The van der Waals surface area contributed by atoms with Crippen molar-refractivity contribution in [3.8, 4) is 0 Å². The van der Waals surface area contributed by atoms with Gasteiger partial charge in [0.25, 0.3) is 5.91 Å². The van der Waals surface area contributed by atoms with Gasteiger partial charge in [-0.15, -0.1) is 5.10 Å². The van der Waals surface area contributed by atoms with Crippen LogP contribution in [-0.2, 0) is 20.9 Å². The van der Waals surface area contributed by atoms with Crippen LogP contribution in [0.3, 0.4) is 0 Å². The van der Waals surface area contributed by atoms with Crippen molar-refractivity contribution in [1.82, 2.24) is 15.0 Å². The van der Waals surface area contributed by atoms with Crippen molar-refractivity contribution in [3.63, 3.8) is 0 Å². The maximum atomic E-state index is 12.2. The maximum Gasteiger partial charge on any atom is 0.331 e.